The summed E-state index contributed by atoms with van der Waals surface area (Å²) in [5.41, 5.74) is 0.922. The van der Waals surface area contributed by atoms with E-state index in [1.807, 2.05) is 0 Å². The minimum absolute atomic E-state index is 0.253. The lowest BCUT2D eigenvalue weighted by molar-refractivity contribution is 0.526. The number of anilines is 1. The Balaban J connectivity index is 3.05. The summed E-state index contributed by atoms with van der Waals surface area (Å²) >= 11 is 0. The first-order valence-electron chi connectivity index (χ1n) is 4.29. The second kappa shape index (κ2) is 4.16. The minimum atomic E-state index is -3.57. The Labute approximate surface area is 88.9 Å². The minimum Gasteiger partial charge on any atom is -0.271 e. The van der Waals surface area contributed by atoms with Gasteiger partial charge >= 0.3 is 10.2 Å². The quantitative estimate of drug-likeness (QED) is 0.855. The van der Waals surface area contributed by atoms with Gasteiger partial charge in [-0.05, 0) is 24.6 Å². The first kappa shape index (κ1) is 11.9. The van der Waals surface area contributed by atoms with Gasteiger partial charge in [-0.25, -0.2) is 4.39 Å². The monoisotopic (exact) mass is 232 g/mol. The lowest BCUT2D eigenvalue weighted by Gasteiger charge is -2.14. The maximum Gasteiger partial charge on any atom is 0.301 e. The van der Waals surface area contributed by atoms with Gasteiger partial charge in [0.1, 0.15) is 5.82 Å². The molecule has 0 bridgehead atoms. The Morgan fingerprint density at radius 3 is 2.47 bits per heavy atom. The van der Waals surface area contributed by atoms with Crippen molar-refractivity contribution in [2.45, 2.75) is 6.92 Å². The molecular weight excluding hydrogens is 219 g/mol. The topological polar surface area (TPSA) is 49.4 Å². The van der Waals surface area contributed by atoms with E-state index < -0.39 is 16.0 Å². The highest BCUT2D eigenvalue weighted by Gasteiger charge is 2.14. The molecule has 6 heteroatoms. The van der Waals surface area contributed by atoms with Crippen molar-refractivity contribution in [3.05, 3.63) is 29.6 Å². The van der Waals surface area contributed by atoms with Crippen molar-refractivity contribution in [2.75, 3.05) is 18.8 Å². The van der Waals surface area contributed by atoms with Crippen LogP contribution in [0.1, 0.15) is 5.56 Å². The molecule has 0 amide bonds. The van der Waals surface area contributed by atoms with Crippen LogP contribution in [0.25, 0.3) is 0 Å². The molecule has 0 atom stereocenters. The fraction of sp³-hybridized carbons (Fsp3) is 0.333. The van der Waals surface area contributed by atoms with E-state index in [9.17, 15) is 12.8 Å². The maximum atomic E-state index is 12.9. The predicted molar refractivity (Wildman–Crippen MR) is 57.4 cm³/mol. The molecule has 0 unspecified atom stereocenters. The Morgan fingerprint density at radius 2 is 1.93 bits per heavy atom. The molecule has 0 heterocycles. The number of hydrogen-bond acceptors (Lipinski definition) is 2. The third-order valence-electron chi connectivity index (χ3n) is 1.92. The largest absolute Gasteiger partial charge is 0.301 e. The first-order valence-corrected chi connectivity index (χ1v) is 5.73. The third kappa shape index (κ3) is 2.90. The summed E-state index contributed by atoms with van der Waals surface area (Å²) in [6, 6.07) is 3.95. The van der Waals surface area contributed by atoms with Crippen molar-refractivity contribution in [1.82, 2.24) is 4.31 Å². The SMILES string of the molecule is Cc1ccc(F)cc1NS(=O)(=O)N(C)C. The number of nitrogens with zero attached hydrogens (tertiary/aromatic N) is 1. The van der Waals surface area contributed by atoms with Gasteiger partial charge in [-0.3, -0.25) is 4.72 Å². The van der Waals surface area contributed by atoms with Gasteiger partial charge in [-0.15, -0.1) is 0 Å². The summed E-state index contributed by atoms with van der Waals surface area (Å²) in [7, 11) is -0.774. The molecule has 0 saturated carbocycles. The smallest absolute Gasteiger partial charge is 0.271 e. The molecule has 1 rings (SSSR count). The van der Waals surface area contributed by atoms with Crippen molar-refractivity contribution in [1.29, 1.82) is 0 Å². The summed E-state index contributed by atoms with van der Waals surface area (Å²) in [5.74, 6) is -0.475. The molecule has 0 fully saturated rings. The van der Waals surface area contributed by atoms with Gasteiger partial charge in [-0.1, -0.05) is 6.07 Å². The molecule has 1 aromatic rings. The zero-order valence-corrected chi connectivity index (χ0v) is 9.60. The molecule has 84 valence electrons. The average molecular weight is 232 g/mol. The summed E-state index contributed by atoms with van der Waals surface area (Å²) in [6.07, 6.45) is 0. The average Bonchev–Trinajstić information content (AvgIpc) is 2.10. The fourth-order valence-electron chi connectivity index (χ4n) is 0.934. The normalized spacial score (nSPS) is 11.8. The zero-order chi connectivity index (χ0) is 11.6. The van der Waals surface area contributed by atoms with Crippen molar-refractivity contribution in [2.24, 2.45) is 0 Å². The van der Waals surface area contributed by atoms with E-state index in [0.29, 0.717) is 5.56 Å². The second-order valence-corrected chi connectivity index (χ2v) is 5.23. The molecule has 0 aliphatic heterocycles. The van der Waals surface area contributed by atoms with E-state index in [-0.39, 0.29) is 5.69 Å². The van der Waals surface area contributed by atoms with Gasteiger partial charge in [-0.2, -0.15) is 12.7 Å². The van der Waals surface area contributed by atoms with E-state index in [2.05, 4.69) is 4.72 Å². The van der Waals surface area contributed by atoms with Crippen molar-refractivity contribution in [3.63, 3.8) is 0 Å². The molecule has 15 heavy (non-hydrogen) atoms. The lowest BCUT2D eigenvalue weighted by atomic mass is 10.2. The fourth-order valence-corrected chi connectivity index (χ4v) is 1.61. The molecule has 0 saturated heterocycles. The van der Waals surface area contributed by atoms with Gasteiger partial charge in [0.05, 0.1) is 5.69 Å². The maximum absolute atomic E-state index is 12.9. The van der Waals surface area contributed by atoms with Crippen LogP contribution >= 0.6 is 0 Å². The van der Waals surface area contributed by atoms with Gasteiger partial charge < -0.3 is 0 Å². The Kier molecular flexibility index (Phi) is 3.31. The molecule has 0 radical (unpaired) electrons. The standard InChI is InChI=1S/C9H13FN2O2S/c1-7-4-5-8(10)6-9(7)11-15(13,14)12(2)3/h4-6,11H,1-3H3. The number of benzene rings is 1. The third-order valence-corrected chi connectivity index (χ3v) is 3.36. The molecule has 1 N–H and O–H groups in total. The van der Waals surface area contributed by atoms with Gasteiger partial charge in [0.25, 0.3) is 0 Å². The number of halogens is 1. The van der Waals surface area contributed by atoms with Crippen LogP contribution < -0.4 is 4.72 Å². The van der Waals surface area contributed by atoms with Crippen LogP contribution in [0.2, 0.25) is 0 Å². The lowest BCUT2D eigenvalue weighted by Crippen LogP contribution is -2.29. The van der Waals surface area contributed by atoms with E-state index in [4.69, 9.17) is 0 Å². The van der Waals surface area contributed by atoms with Crippen LogP contribution in [-0.4, -0.2) is 26.8 Å². The van der Waals surface area contributed by atoms with Gasteiger partial charge in [0.2, 0.25) is 0 Å². The van der Waals surface area contributed by atoms with Gasteiger partial charge in [0, 0.05) is 14.1 Å². The number of aryl methyl sites for hydroxylation is 1. The zero-order valence-electron chi connectivity index (χ0n) is 8.78. The second-order valence-electron chi connectivity index (χ2n) is 3.35. The highest BCUT2D eigenvalue weighted by molar-refractivity contribution is 7.90. The van der Waals surface area contributed by atoms with Crippen LogP contribution in [0.3, 0.4) is 0 Å². The number of rotatable bonds is 3. The van der Waals surface area contributed by atoms with E-state index in [0.717, 1.165) is 10.4 Å². The summed E-state index contributed by atoms with van der Waals surface area (Å²) < 4.78 is 39.1. The molecule has 4 nitrogen and oxygen atoms in total. The Hall–Kier alpha value is -1.14. The van der Waals surface area contributed by atoms with Crippen molar-refractivity contribution >= 4 is 15.9 Å². The van der Waals surface area contributed by atoms with Crippen LogP contribution in [0.4, 0.5) is 10.1 Å². The van der Waals surface area contributed by atoms with Crippen molar-refractivity contribution in [3.8, 4) is 0 Å². The van der Waals surface area contributed by atoms with E-state index >= 15 is 0 Å². The predicted octanol–water partition coefficient (Wildman–Crippen LogP) is 1.35. The highest BCUT2D eigenvalue weighted by Crippen LogP contribution is 2.17. The highest BCUT2D eigenvalue weighted by atomic mass is 32.2. The van der Waals surface area contributed by atoms with E-state index in [1.165, 1.54) is 26.2 Å². The molecule has 0 aliphatic rings. The van der Waals surface area contributed by atoms with Crippen LogP contribution in [0.5, 0.6) is 0 Å². The van der Waals surface area contributed by atoms with E-state index in [1.54, 1.807) is 6.92 Å². The molecule has 1 aromatic carbocycles. The number of hydrogen-bond donors (Lipinski definition) is 1. The Morgan fingerprint density at radius 1 is 1.33 bits per heavy atom. The summed E-state index contributed by atoms with van der Waals surface area (Å²) in [6.45, 7) is 1.70. The van der Waals surface area contributed by atoms with Crippen LogP contribution in [0.15, 0.2) is 18.2 Å². The first-order chi connectivity index (χ1) is 6.83. The molecular formula is C9H13FN2O2S. The molecule has 0 spiro atoms. The van der Waals surface area contributed by atoms with Crippen LogP contribution in [0, 0.1) is 12.7 Å². The molecule has 0 aliphatic carbocycles. The Bertz CT molecular complexity index is 457. The summed E-state index contributed by atoms with van der Waals surface area (Å²) in [4.78, 5) is 0. The summed E-state index contributed by atoms with van der Waals surface area (Å²) in [5, 5.41) is 0. The van der Waals surface area contributed by atoms with Crippen LogP contribution in [-0.2, 0) is 10.2 Å². The van der Waals surface area contributed by atoms with Crippen molar-refractivity contribution < 1.29 is 12.8 Å². The molecule has 0 aromatic heterocycles. The number of nitrogens with one attached hydrogen (secondary N) is 1. The van der Waals surface area contributed by atoms with Gasteiger partial charge in [0.15, 0.2) is 0 Å².